The third-order valence-corrected chi connectivity index (χ3v) is 10.4. The van der Waals surface area contributed by atoms with Crippen molar-refractivity contribution < 1.29 is 21.6 Å². The lowest BCUT2D eigenvalue weighted by atomic mass is 9.87. The van der Waals surface area contributed by atoms with Crippen LogP contribution in [-0.4, -0.2) is 53.6 Å². The van der Waals surface area contributed by atoms with Gasteiger partial charge in [-0.15, -0.1) is 0 Å². The number of rotatable bonds is 3. The second-order valence-electron chi connectivity index (χ2n) is 9.69. The molecule has 4 N–H and O–H groups in total. The van der Waals surface area contributed by atoms with E-state index in [9.17, 15) is 16.8 Å². The van der Waals surface area contributed by atoms with Gasteiger partial charge in [-0.05, 0) is 68.0 Å². The highest BCUT2D eigenvalue weighted by molar-refractivity contribution is 7.90. The average molecular weight is 537 g/mol. The van der Waals surface area contributed by atoms with Crippen LogP contribution in [0.5, 0.6) is 0 Å². The number of sulfonamides is 2. The van der Waals surface area contributed by atoms with E-state index in [2.05, 4.69) is 10.0 Å². The molecule has 1 atom stereocenters. The molecule has 11 heteroatoms. The van der Waals surface area contributed by atoms with Crippen molar-refractivity contribution in [1.82, 2.24) is 9.03 Å². The van der Waals surface area contributed by atoms with Gasteiger partial charge < -0.3 is 15.8 Å². The first-order chi connectivity index (χ1) is 17.1. The van der Waals surface area contributed by atoms with Crippen molar-refractivity contribution in [2.45, 2.75) is 61.9 Å². The number of nitrogens with two attached hydrogens (primary N) is 1. The van der Waals surface area contributed by atoms with Gasteiger partial charge in [-0.1, -0.05) is 31.4 Å². The van der Waals surface area contributed by atoms with Crippen LogP contribution in [0.3, 0.4) is 0 Å². The summed E-state index contributed by atoms with van der Waals surface area (Å²) in [5.74, 6) is 0.244. The minimum absolute atomic E-state index is 0.00278. The minimum atomic E-state index is -3.79. The van der Waals surface area contributed by atoms with Crippen molar-refractivity contribution in [3.63, 3.8) is 0 Å². The molecule has 0 spiro atoms. The lowest BCUT2D eigenvalue weighted by molar-refractivity contribution is 0.0730. The summed E-state index contributed by atoms with van der Waals surface area (Å²) in [6.07, 6.45) is 5.02. The number of benzene rings is 2. The topological polar surface area (TPSA) is 131 Å². The van der Waals surface area contributed by atoms with Gasteiger partial charge in [0.05, 0.1) is 30.0 Å². The summed E-state index contributed by atoms with van der Waals surface area (Å²) < 4.78 is 61.2. The normalized spacial score (nSPS) is 22.6. The highest BCUT2D eigenvalue weighted by Gasteiger charge is 2.37. The Balaban J connectivity index is 0.000000325. The molecule has 2 aromatic rings. The van der Waals surface area contributed by atoms with Crippen LogP contribution in [0.1, 0.15) is 43.2 Å². The molecule has 2 aromatic carbocycles. The van der Waals surface area contributed by atoms with Gasteiger partial charge in [0.25, 0.3) is 0 Å². The smallest absolute Gasteiger partial charge is 0.244 e. The zero-order valence-electron chi connectivity index (χ0n) is 20.9. The van der Waals surface area contributed by atoms with Crippen LogP contribution in [0.15, 0.2) is 46.2 Å². The lowest BCUT2D eigenvalue weighted by Gasteiger charge is -2.36. The molecule has 3 aliphatic rings. The molecule has 1 saturated carbocycles. The average Bonchev–Trinajstić information content (AvgIpc) is 2.84. The molecule has 2 aliphatic heterocycles. The molecule has 0 radical (unpaired) electrons. The highest BCUT2D eigenvalue weighted by Crippen LogP contribution is 2.36. The summed E-state index contributed by atoms with van der Waals surface area (Å²) >= 11 is 0. The van der Waals surface area contributed by atoms with E-state index in [0.29, 0.717) is 24.5 Å². The van der Waals surface area contributed by atoms with Crippen LogP contribution in [0.2, 0.25) is 0 Å². The van der Waals surface area contributed by atoms with Gasteiger partial charge in [-0.2, -0.15) is 9.03 Å². The molecule has 9 nitrogen and oxygen atoms in total. The largest absolute Gasteiger partial charge is 0.399 e. The van der Waals surface area contributed by atoms with Gasteiger partial charge in [-0.3, -0.25) is 0 Å². The highest BCUT2D eigenvalue weighted by atomic mass is 32.2. The van der Waals surface area contributed by atoms with Gasteiger partial charge in [-0.25, -0.2) is 16.8 Å². The molecule has 0 aromatic heterocycles. The van der Waals surface area contributed by atoms with Crippen LogP contribution in [0.25, 0.3) is 0 Å². The Morgan fingerprint density at radius 1 is 1.03 bits per heavy atom. The predicted octanol–water partition coefficient (Wildman–Crippen LogP) is 3.20. The van der Waals surface area contributed by atoms with Crippen molar-refractivity contribution in [2.24, 2.45) is 5.92 Å². The molecule has 5 rings (SSSR count). The first-order valence-corrected chi connectivity index (χ1v) is 15.3. The van der Waals surface area contributed by atoms with Crippen molar-refractivity contribution in [3.8, 4) is 0 Å². The Labute approximate surface area is 214 Å². The first-order valence-electron chi connectivity index (χ1n) is 12.4. The number of fused-ring (bicyclic) bond motifs is 1. The monoisotopic (exact) mass is 536 g/mol. The number of nitrogen functional groups attached to an aromatic ring is 1. The maximum absolute atomic E-state index is 13.1. The number of aryl methyl sites for hydroxylation is 2. The van der Waals surface area contributed by atoms with E-state index >= 15 is 0 Å². The fourth-order valence-electron chi connectivity index (χ4n) is 4.99. The number of hydrogen-bond acceptors (Lipinski definition) is 7. The zero-order chi connectivity index (χ0) is 25.9. The van der Waals surface area contributed by atoms with Gasteiger partial charge in [0.2, 0.25) is 20.0 Å². The molecule has 1 aliphatic carbocycles. The van der Waals surface area contributed by atoms with Gasteiger partial charge in [0, 0.05) is 18.8 Å². The van der Waals surface area contributed by atoms with Crippen LogP contribution in [0.4, 0.5) is 11.4 Å². The van der Waals surface area contributed by atoms with Gasteiger partial charge >= 0.3 is 0 Å². The van der Waals surface area contributed by atoms with Crippen molar-refractivity contribution in [3.05, 3.63) is 47.5 Å². The molecule has 36 heavy (non-hydrogen) atoms. The molecule has 0 amide bonds. The lowest BCUT2D eigenvalue weighted by Crippen LogP contribution is -2.49. The molecule has 0 bridgehead atoms. The summed E-state index contributed by atoms with van der Waals surface area (Å²) in [7, 11) is -7.57. The molecule has 2 fully saturated rings. The number of hydrogen-bond donors (Lipinski definition) is 3. The van der Waals surface area contributed by atoms with E-state index in [0.717, 1.165) is 31.4 Å². The minimum Gasteiger partial charge on any atom is -0.399 e. The fraction of sp³-hybridized carbons (Fsp3) is 0.520. The van der Waals surface area contributed by atoms with E-state index in [4.69, 9.17) is 10.5 Å². The van der Waals surface area contributed by atoms with Crippen LogP contribution in [0, 0.1) is 19.8 Å². The fourth-order valence-corrected chi connectivity index (χ4v) is 8.10. The van der Waals surface area contributed by atoms with Crippen molar-refractivity contribution in [2.75, 3.05) is 37.4 Å². The summed E-state index contributed by atoms with van der Waals surface area (Å²) in [6, 6.07) is 10.7. The molecular formula is C25H36N4O5S2. The van der Waals surface area contributed by atoms with Crippen LogP contribution in [-0.2, 0) is 24.8 Å². The number of anilines is 2. The quantitative estimate of drug-likeness (QED) is 0.514. The summed E-state index contributed by atoms with van der Waals surface area (Å²) in [5, 5.41) is 3.30. The summed E-state index contributed by atoms with van der Waals surface area (Å²) in [6.45, 7) is 4.95. The Bertz CT molecular complexity index is 1270. The Hall–Kier alpha value is -2.18. The van der Waals surface area contributed by atoms with E-state index in [1.165, 1.54) is 22.4 Å². The second kappa shape index (κ2) is 11.1. The van der Waals surface area contributed by atoms with E-state index < -0.39 is 20.0 Å². The first kappa shape index (κ1) is 26.9. The van der Waals surface area contributed by atoms with Gasteiger partial charge in [0.15, 0.2) is 0 Å². The zero-order valence-corrected chi connectivity index (χ0v) is 22.5. The van der Waals surface area contributed by atoms with Crippen LogP contribution < -0.4 is 15.8 Å². The third-order valence-electron chi connectivity index (χ3n) is 6.91. The molecule has 1 saturated heterocycles. The molecule has 2 heterocycles. The third kappa shape index (κ3) is 6.03. The number of ether oxygens (including phenoxy) is 1. The van der Waals surface area contributed by atoms with E-state index in [1.54, 1.807) is 13.0 Å². The molecule has 198 valence electrons. The standard InChI is InChI=1S/C18H27N3O5S2.C7H9N/c1-13-11-15-17(12-16(13)28(24,25)21-7-9-26-10-8-21)27(22,23)20-18(19-15)14-5-3-2-4-6-14;1-6-3-2-4-7(8)5-6/h11-12,14,18-20H,2-10H2,1H3;2-5H,8H2,1H3. The summed E-state index contributed by atoms with van der Waals surface area (Å²) in [5.41, 5.74) is 8.53. The number of nitrogens with zero attached hydrogens (tertiary/aromatic N) is 1. The maximum Gasteiger partial charge on any atom is 0.244 e. The summed E-state index contributed by atoms with van der Waals surface area (Å²) in [4.78, 5) is 0.0356. The Kier molecular flexibility index (Phi) is 8.25. The Morgan fingerprint density at radius 2 is 1.72 bits per heavy atom. The maximum atomic E-state index is 13.1. The van der Waals surface area contributed by atoms with Crippen LogP contribution >= 0.6 is 0 Å². The molecule has 1 unspecified atom stereocenters. The SMILES string of the molecule is Cc1cc2c(cc1S(=O)(=O)N1CCOCC1)S(=O)(=O)NC(C1CCCCC1)N2.Cc1cccc(N)c1. The second-order valence-corrected chi connectivity index (χ2v) is 13.3. The van der Waals surface area contributed by atoms with Gasteiger partial charge in [0.1, 0.15) is 4.90 Å². The van der Waals surface area contributed by atoms with E-state index in [-0.39, 0.29) is 35.0 Å². The predicted molar refractivity (Wildman–Crippen MR) is 141 cm³/mol. The van der Waals surface area contributed by atoms with Crippen molar-refractivity contribution in [1.29, 1.82) is 0 Å². The van der Waals surface area contributed by atoms with E-state index in [1.807, 2.05) is 31.2 Å². The number of nitrogens with one attached hydrogen (secondary N) is 2. The Morgan fingerprint density at radius 3 is 2.33 bits per heavy atom. The van der Waals surface area contributed by atoms with Crippen molar-refractivity contribution >= 4 is 31.4 Å². The number of morpholine rings is 1. The molecular weight excluding hydrogens is 500 g/mol.